The number of nitrogens with two attached hydrogens (primary N) is 1. The van der Waals surface area contributed by atoms with Crippen molar-refractivity contribution in [3.63, 3.8) is 0 Å². The maximum atomic E-state index is 12.2. The smallest absolute Gasteiger partial charge is 0.227 e. The van der Waals surface area contributed by atoms with Crippen LogP contribution in [0.5, 0.6) is 0 Å². The Morgan fingerprint density at radius 3 is 2.45 bits per heavy atom. The first-order chi connectivity index (χ1) is 9.70. The minimum Gasteiger partial charge on any atom is -0.326 e. The lowest BCUT2D eigenvalue weighted by Crippen LogP contribution is -2.26. The number of hydrogen-bond donors (Lipinski definition) is 1. The lowest BCUT2D eigenvalue weighted by atomic mass is 10.1. The Morgan fingerprint density at radius 1 is 1.05 bits per heavy atom. The average Bonchev–Trinajstić information content (AvgIpc) is 2.53. The Bertz CT molecular complexity index is 566. The van der Waals surface area contributed by atoms with Gasteiger partial charge >= 0.3 is 0 Å². The van der Waals surface area contributed by atoms with Crippen molar-refractivity contribution in [1.82, 2.24) is 0 Å². The van der Waals surface area contributed by atoms with Gasteiger partial charge in [0.25, 0.3) is 0 Å². The maximum Gasteiger partial charge on any atom is 0.227 e. The molecule has 2 N–H and O–H groups in total. The van der Waals surface area contributed by atoms with E-state index in [4.69, 9.17) is 5.73 Å². The molecule has 20 heavy (non-hydrogen) atoms. The normalized spacial score (nSPS) is 10.3. The first-order valence-electron chi connectivity index (χ1n) is 6.80. The van der Waals surface area contributed by atoms with E-state index in [-0.39, 0.29) is 5.91 Å². The van der Waals surface area contributed by atoms with Gasteiger partial charge in [0.15, 0.2) is 0 Å². The fourth-order valence-electron chi connectivity index (χ4n) is 2.10. The zero-order valence-corrected chi connectivity index (χ0v) is 11.8. The molecule has 0 spiro atoms. The third kappa shape index (κ3) is 3.68. The molecule has 3 nitrogen and oxygen atoms in total. The van der Waals surface area contributed by atoms with Crippen molar-refractivity contribution in [2.75, 3.05) is 11.9 Å². The summed E-state index contributed by atoms with van der Waals surface area (Å²) in [6.45, 7) is 0.486. The minimum absolute atomic E-state index is 0.114. The number of hydrogen-bond acceptors (Lipinski definition) is 2. The molecule has 2 aromatic carbocycles. The second-order valence-corrected chi connectivity index (χ2v) is 4.81. The van der Waals surface area contributed by atoms with E-state index in [0.717, 1.165) is 17.7 Å². The number of carbonyl (C=O) groups excluding carboxylic acids is 1. The SMILES string of the molecule is CN(C(=O)CCc1ccccc1)c1cccc(CN)c1. The molecule has 1 amide bonds. The minimum atomic E-state index is 0.114. The predicted octanol–water partition coefficient (Wildman–Crippen LogP) is 2.74. The lowest BCUT2D eigenvalue weighted by Gasteiger charge is -2.18. The van der Waals surface area contributed by atoms with Gasteiger partial charge < -0.3 is 10.6 Å². The van der Waals surface area contributed by atoms with Gasteiger partial charge in [-0.2, -0.15) is 0 Å². The molecule has 2 rings (SSSR count). The molecule has 0 radical (unpaired) electrons. The number of rotatable bonds is 5. The zero-order valence-electron chi connectivity index (χ0n) is 11.8. The van der Waals surface area contributed by atoms with E-state index >= 15 is 0 Å². The summed E-state index contributed by atoms with van der Waals surface area (Å²) in [5.41, 5.74) is 8.74. The molecule has 0 saturated heterocycles. The van der Waals surface area contributed by atoms with E-state index in [1.165, 1.54) is 5.56 Å². The van der Waals surface area contributed by atoms with Crippen LogP contribution in [0.1, 0.15) is 17.5 Å². The van der Waals surface area contributed by atoms with Gasteiger partial charge in [-0.15, -0.1) is 0 Å². The number of aryl methyl sites for hydroxylation is 1. The summed E-state index contributed by atoms with van der Waals surface area (Å²) in [5, 5.41) is 0. The summed E-state index contributed by atoms with van der Waals surface area (Å²) < 4.78 is 0. The monoisotopic (exact) mass is 268 g/mol. The van der Waals surface area contributed by atoms with Crippen LogP contribution in [0.2, 0.25) is 0 Å². The standard InChI is InChI=1S/C17H20N2O/c1-19(16-9-5-8-15(12-16)13-18)17(20)11-10-14-6-3-2-4-7-14/h2-9,12H,10-11,13,18H2,1H3. The number of benzene rings is 2. The summed E-state index contributed by atoms with van der Waals surface area (Å²) in [6, 6.07) is 17.8. The molecule has 0 aliphatic carbocycles. The molecule has 104 valence electrons. The zero-order chi connectivity index (χ0) is 14.4. The second kappa shape index (κ2) is 6.87. The third-order valence-corrected chi connectivity index (χ3v) is 3.38. The van der Waals surface area contributed by atoms with Crippen LogP contribution in [-0.2, 0) is 17.8 Å². The van der Waals surface area contributed by atoms with Crippen molar-refractivity contribution in [3.05, 3.63) is 65.7 Å². The topological polar surface area (TPSA) is 46.3 Å². The van der Waals surface area contributed by atoms with E-state index in [2.05, 4.69) is 0 Å². The van der Waals surface area contributed by atoms with Gasteiger partial charge in [-0.05, 0) is 29.7 Å². The molecule has 0 unspecified atom stereocenters. The van der Waals surface area contributed by atoms with Crippen LogP contribution in [-0.4, -0.2) is 13.0 Å². The molecule has 2 aromatic rings. The summed E-state index contributed by atoms with van der Waals surface area (Å²) in [5.74, 6) is 0.114. The summed E-state index contributed by atoms with van der Waals surface area (Å²) >= 11 is 0. The van der Waals surface area contributed by atoms with Crippen molar-refractivity contribution in [1.29, 1.82) is 0 Å². The van der Waals surface area contributed by atoms with Crippen LogP contribution in [0.4, 0.5) is 5.69 Å². The van der Waals surface area contributed by atoms with E-state index < -0.39 is 0 Å². The molecule has 0 heterocycles. The Kier molecular flexibility index (Phi) is 4.91. The number of amides is 1. The van der Waals surface area contributed by atoms with E-state index in [9.17, 15) is 4.79 Å². The van der Waals surface area contributed by atoms with Gasteiger partial charge in [0.1, 0.15) is 0 Å². The summed E-state index contributed by atoms with van der Waals surface area (Å²) in [7, 11) is 1.81. The van der Waals surface area contributed by atoms with Crippen molar-refractivity contribution in [3.8, 4) is 0 Å². The maximum absolute atomic E-state index is 12.2. The van der Waals surface area contributed by atoms with E-state index in [1.54, 1.807) is 4.90 Å². The largest absolute Gasteiger partial charge is 0.326 e. The number of anilines is 1. The van der Waals surface area contributed by atoms with Gasteiger partial charge in [0.2, 0.25) is 5.91 Å². The van der Waals surface area contributed by atoms with Crippen LogP contribution < -0.4 is 10.6 Å². The van der Waals surface area contributed by atoms with Crippen LogP contribution in [0.3, 0.4) is 0 Å². The highest BCUT2D eigenvalue weighted by Crippen LogP contribution is 2.16. The van der Waals surface area contributed by atoms with E-state index in [1.807, 2.05) is 61.6 Å². The molecular weight excluding hydrogens is 248 g/mol. The average molecular weight is 268 g/mol. The van der Waals surface area contributed by atoms with Gasteiger partial charge in [-0.3, -0.25) is 4.79 Å². The highest BCUT2D eigenvalue weighted by atomic mass is 16.2. The summed E-state index contributed by atoms with van der Waals surface area (Å²) in [6.07, 6.45) is 1.27. The molecule has 0 saturated carbocycles. The first kappa shape index (κ1) is 14.3. The van der Waals surface area contributed by atoms with Crippen LogP contribution >= 0.6 is 0 Å². The van der Waals surface area contributed by atoms with E-state index in [0.29, 0.717) is 13.0 Å². The van der Waals surface area contributed by atoms with Crippen molar-refractivity contribution >= 4 is 11.6 Å². The Morgan fingerprint density at radius 2 is 1.75 bits per heavy atom. The molecule has 0 atom stereocenters. The molecule has 0 fully saturated rings. The summed E-state index contributed by atoms with van der Waals surface area (Å²) in [4.78, 5) is 13.9. The van der Waals surface area contributed by atoms with Crippen molar-refractivity contribution in [2.24, 2.45) is 5.73 Å². The fourth-order valence-corrected chi connectivity index (χ4v) is 2.10. The number of nitrogens with zero attached hydrogens (tertiary/aromatic N) is 1. The molecule has 0 aliphatic heterocycles. The van der Waals surface area contributed by atoms with Gasteiger partial charge in [0.05, 0.1) is 0 Å². The van der Waals surface area contributed by atoms with Crippen LogP contribution in [0.25, 0.3) is 0 Å². The highest BCUT2D eigenvalue weighted by Gasteiger charge is 2.11. The van der Waals surface area contributed by atoms with Gasteiger partial charge in [-0.1, -0.05) is 42.5 Å². The predicted molar refractivity (Wildman–Crippen MR) is 82.5 cm³/mol. The lowest BCUT2D eigenvalue weighted by molar-refractivity contribution is -0.118. The fraction of sp³-hybridized carbons (Fsp3) is 0.235. The quantitative estimate of drug-likeness (QED) is 0.906. The Labute approximate surface area is 120 Å². The molecular formula is C17H20N2O. The van der Waals surface area contributed by atoms with Gasteiger partial charge in [0, 0.05) is 25.7 Å². The Balaban J connectivity index is 1.98. The van der Waals surface area contributed by atoms with Crippen molar-refractivity contribution in [2.45, 2.75) is 19.4 Å². The molecule has 3 heteroatoms. The highest BCUT2D eigenvalue weighted by molar-refractivity contribution is 5.92. The Hall–Kier alpha value is -2.13. The van der Waals surface area contributed by atoms with Crippen LogP contribution in [0, 0.1) is 0 Å². The molecule has 0 aromatic heterocycles. The molecule has 0 bridgehead atoms. The van der Waals surface area contributed by atoms with Crippen molar-refractivity contribution < 1.29 is 4.79 Å². The second-order valence-electron chi connectivity index (χ2n) is 4.81. The first-order valence-corrected chi connectivity index (χ1v) is 6.80. The molecule has 0 aliphatic rings. The third-order valence-electron chi connectivity index (χ3n) is 3.38. The number of carbonyl (C=O) groups is 1. The van der Waals surface area contributed by atoms with Crippen LogP contribution in [0.15, 0.2) is 54.6 Å². The van der Waals surface area contributed by atoms with Gasteiger partial charge in [-0.25, -0.2) is 0 Å².